The SMILES string of the molecule is Cc1cccc(C2=NN(C(=O)CCC(=O)O)[C@H](c3cc4cc5c(cc4cc3Cl)OCCO5)C2)c1. The van der Waals surface area contributed by atoms with Gasteiger partial charge in [-0.15, -0.1) is 0 Å². The third-order valence-corrected chi connectivity index (χ3v) is 6.37. The minimum absolute atomic E-state index is 0.139. The van der Waals surface area contributed by atoms with E-state index in [1.54, 1.807) is 0 Å². The molecule has 0 bridgehead atoms. The Morgan fingerprint density at radius 1 is 1.06 bits per heavy atom. The first-order chi connectivity index (χ1) is 16.4. The monoisotopic (exact) mass is 478 g/mol. The Kier molecular flexibility index (Phi) is 5.87. The molecule has 2 aliphatic heterocycles. The molecule has 0 saturated heterocycles. The molecule has 8 heteroatoms. The molecule has 2 aliphatic rings. The number of hydrogen-bond acceptors (Lipinski definition) is 5. The number of halogens is 1. The molecule has 34 heavy (non-hydrogen) atoms. The predicted molar refractivity (Wildman–Crippen MR) is 129 cm³/mol. The molecule has 1 N–H and O–H groups in total. The molecule has 0 aromatic heterocycles. The van der Waals surface area contributed by atoms with E-state index in [1.807, 2.05) is 55.5 Å². The maximum absolute atomic E-state index is 13.0. The summed E-state index contributed by atoms with van der Waals surface area (Å²) in [6, 6.07) is 15.1. The van der Waals surface area contributed by atoms with E-state index >= 15 is 0 Å². The summed E-state index contributed by atoms with van der Waals surface area (Å²) in [6.45, 7) is 2.99. The molecule has 2 heterocycles. The second kappa shape index (κ2) is 8.99. The number of rotatable bonds is 5. The van der Waals surface area contributed by atoms with Crippen molar-refractivity contribution in [2.24, 2.45) is 5.10 Å². The summed E-state index contributed by atoms with van der Waals surface area (Å²) < 4.78 is 11.4. The fourth-order valence-electron chi connectivity index (χ4n) is 4.39. The van der Waals surface area contributed by atoms with Crippen LogP contribution in [0.1, 0.15) is 42.0 Å². The van der Waals surface area contributed by atoms with Crippen molar-refractivity contribution in [3.8, 4) is 11.5 Å². The maximum Gasteiger partial charge on any atom is 0.303 e. The van der Waals surface area contributed by atoms with Crippen LogP contribution < -0.4 is 9.47 Å². The van der Waals surface area contributed by atoms with Gasteiger partial charge in [0.1, 0.15) is 13.2 Å². The molecule has 0 unspecified atom stereocenters. The first-order valence-electron chi connectivity index (χ1n) is 11.1. The van der Waals surface area contributed by atoms with Gasteiger partial charge in [-0.05, 0) is 53.1 Å². The third-order valence-electron chi connectivity index (χ3n) is 6.05. The standard InChI is InChI=1S/C26H23ClN2O5/c1-15-3-2-4-16(9-15)21-14-22(29(28-21)25(30)5-6-26(31)32)19-10-17-12-23-24(34-8-7-33-23)13-18(17)11-20(19)27/h2-4,9-13,22H,5-8,14H2,1H3,(H,31,32)/t22-/m0/s1. The Balaban J connectivity index is 1.55. The van der Waals surface area contributed by atoms with Crippen molar-refractivity contribution in [2.45, 2.75) is 32.2 Å². The summed E-state index contributed by atoms with van der Waals surface area (Å²) in [5.74, 6) is -0.0281. The molecular formula is C26H23ClN2O5. The molecule has 3 aromatic carbocycles. The van der Waals surface area contributed by atoms with Crippen LogP contribution in [0.5, 0.6) is 11.5 Å². The number of benzene rings is 3. The largest absolute Gasteiger partial charge is 0.486 e. The molecule has 7 nitrogen and oxygen atoms in total. The molecule has 0 radical (unpaired) electrons. The Labute approximate surface area is 201 Å². The molecule has 0 aliphatic carbocycles. The summed E-state index contributed by atoms with van der Waals surface area (Å²) in [7, 11) is 0. The Hall–Kier alpha value is -3.58. The molecule has 174 valence electrons. The van der Waals surface area contributed by atoms with Crippen molar-refractivity contribution in [2.75, 3.05) is 13.2 Å². The Bertz CT molecular complexity index is 1340. The highest BCUT2D eigenvalue weighted by Crippen LogP contribution is 2.41. The zero-order chi connectivity index (χ0) is 23.8. The zero-order valence-electron chi connectivity index (χ0n) is 18.6. The molecule has 0 fully saturated rings. The van der Waals surface area contributed by atoms with Gasteiger partial charge in [0.05, 0.1) is 18.2 Å². The van der Waals surface area contributed by atoms with E-state index < -0.39 is 12.0 Å². The van der Waals surface area contributed by atoms with Crippen molar-refractivity contribution in [1.29, 1.82) is 0 Å². The van der Waals surface area contributed by atoms with Gasteiger partial charge in [0.15, 0.2) is 11.5 Å². The summed E-state index contributed by atoms with van der Waals surface area (Å²) in [4.78, 5) is 24.1. The van der Waals surface area contributed by atoms with E-state index in [-0.39, 0.29) is 18.7 Å². The number of carbonyl (C=O) groups excluding carboxylic acids is 1. The normalized spacial score (nSPS) is 17.1. The topological polar surface area (TPSA) is 88.4 Å². The van der Waals surface area contributed by atoms with Crippen LogP contribution in [0.15, 0.2) is 53.6 Å². The van der Waals surface area contributed by atoms with E-state index in [2.05, 4.69) is 5.10 Å². The lowest BCUT2D eigenvalue weighted by Crippen LogP contribution is -2.27. The fraction of sp³-hybridized carbons (Fsp3) is 0.269. The third kappa shape index (κ3) is 4.31. The van der Waals surface area contributed by atoms with E-state index in [0.717, 1.165) is 33.2 Å². The van der Waals surface area contributed by atoms with Gasteiger partial charge in [0.2, 0.25) is 5.91 Å². The average molecular weight is 479 g/mol. The number of carboxylic acid groups (broad SMARTS) is 1. The number of amides is 1. The van der Waals surface area contributed by atoms with Gasteiger partial charge in [-0.3, -0.25) is 9.59 Å². The van der Waals surface area contributed by atoms with Crippen molar-refractivity contribution >= 4 is 40.0 Å². The number of fused-ring (bicyclic) bond motifs is 2. The van der Waals surface area contributed by atoms with Crippen molar-refractivity contribution < 1.29 is 24.2 Å². The number of carbonyl (C=O) groups is 2. The fourth-order valence-corrected chi connectivity index (χ4v) is 4.69. The number of aryl methyl sites for hydroxylation is 1. The van der Waals surface area contributed by atoms with Gasteiger partial charge < -0.3 is 14.6 Å². The van der Waals surface area contributed by atoms with E-state index in [1.165, 1.54) is 5.01 Å². The van der Waals surface area contributed by atoms with E-state index in [4.69, 9.17) is 26.2 Å². The number of nitrogens with zero attached hydrogens (tertiary/aromatic N) is 2. The molecule has 0 spiro atoms. The quantitative estimate of drug-likeness (QED) is 0.550. The lowest BCUT2D eigenvalue weighted by atomic mass is 9.95. The van der Waals surface area contributed by atoms with Crippen LogP contribution in [-0.4, -0.2) is 40.9 Å². The second-order valence-corrected chi connectivity index (χ2v) is 8.89. The highest BCUT2D eigenvalue weighted by molar-refractivity contribution is 6.32. The predicted octanol–water partition coefficient (Wildman–Crippen LogP) is 5.12. The summed E-state index contributed by atoms with van der Waals surface area (Å²) in [5.41, 5.74) is 3.52. The van der Waals surface area contributed by atoms with Gasteiger partial charge in [0, 0.05) is 17.9 Å². The van der Waals surface area contributed by atoms with Crippen molar-refractivity contribution in [1.82, 2.24) is 5.01 Å². The molecule has 1 atom stereocenters. The van der Waals surface area contributed by atoms with Gasteiger partial charge in [-0.2, -0.15) is 5.10 Å². The number of hydrazone groups is 1. The zero-order valence-corrected chi connectivity index (χ0v) is 19.3. The lowest BCUT2D eigenvalue weighted by Gasteiger charge is -2.24. The highest BCUT2D eigenvalue weighted by Gasteiger charge is 2.34. The molecule has 3 aromatic rings. The van der Waals surface area contributed by atoms with E-state index in [9.17, 15) is 9.59 Å². The highest BCUT2D eigenvalue weighted by atomic mass is 35.5. The number of ether oxygens (including phenoxy) is 2. The van der Waals surface area contributed by atoms with Crippen LogP contribution in [0.4, 0.5) is 0 Å². The van der Waals surface area contributed by atoms with Crippen LogP contribution in [0.25, 0.3) is 10.8 Å². The van der Waals surface area contributed by atoms with Crippen LogP contribution in [-0.2, 0) is 9.59 Å². The van der Waals surface area contributed by atoms with Gasteiger partial charge >= 0.3 is 5.97 Å². The lowest BCUT2D eigenvalue weighted by molar-refractivity contribution is -0.141. The Morgan fingerprint density at radius 2 is 1.76 bits per heavy atom. The first-order valence-corrected chi connectivity index (χ1v) is 11.5. The van der Waals surface area contributed by atoms with Crippen LogP contribution in [0.3, 0.4) is 0 Å². The summed E-state index contributed by atoms with van der Waals surface area (Å²) in [6.07, 6.45) is 0.0740. The number of aliphatic carboxylic acids is 1. The maximum atomic E-state index is 13.0. The van der Waals surface area contributed by atoms with E-state index in [0.29, 0.717) is 36.2 Å². The van der Waals surface area contributed by atoms with Crippen molar-refractivity contribution in [3.63, 3.8) is 0 Å². The summed E-state index contributed by atoms with van der Waals surface area (Å²) >= 11 is 6.73. The molecule has 5 rings (SSSR count). The number of hydrogen-bond donors (Lipinski definition) is 1. The van der Waals surface area contributed by atoms with Crippen molar-refractivity contribution in [3.05, 3.63) is 70.2 Å². The van der Waals surface area contributed by atoms with Gasteiger partial charge in [-0.25, -0.2) is 5.01 Å². The van der Waals surface area contributed by atoms with Crippen LogP contribution in [0.2, 0.25) is 5.02 Å². The first kappa shape index (κ1) is 22.2. The molecule has 1 amide bonds. The molecule has 0 saturated carbocycles. The van der Waals surface area contributed by atoms with Gasteiger partial charge in [-0.1, -0.05) is 41.4 Å². The van der Waals surface area contributed by atoms with Crippen LogP contribution in [0, 0.1) is 6.92 Å². The smallest absolute Gasteiger partial charge is 0.303 e. The minimum Gasteiger partial charge on any atom is -0.486 e. The molecular weight excluding hydrogens is 456 g/mol. The average Bonchev–Trinajstić information content (AvgIpc) is 3.26. The van der Waals surface area contributed by atoms with Gasteiger partial charge in [0.25, 0.3) is 0 Å². The Morgan fingerprint density at radius 3 is 2.44 bits per heavy atom. The minimum atomic E-state index is -1.03. The second-order valence-electron chi connectivity index (χ2n) is 8.48. The summed E-state index contributed by atoms with van der Waals surface area (Å²) in [5, 5.41) is 17.4. The van der Waals surface area contributed by atoms with Crippen LogP contribution >= 0.6 is 11.6 Å². The number of carboxylic acids is 1.